The standard InChI is InChI=1S/C20H20F5N5O2/c1-10-8-14-11(17-18(31)28(2)6-3-7-30(17)27-14)9-29(10)19(32)26-13-5-4-12(21)15(16(13)22)20(23,24)25/h4-5,10H,3,6-9H2,1-2H3,(H,26,32)/t10-/m1/s1. The van der Waals surface area contributed by atoms with E-state index in [1.165, 1.54) is 4.90 Å². The zero-order valence-electron chi connectivity index (χ0n) is 17.3. The topological polar surface area (TPSA) is 70.5 Å². The number of aryl methyl sites for hydroxylation is 1. The summed E-state index contributed by atoms with van der Waals surface area (Å²) < 4.78 is 68.5. The molecule has 1 aromatic carbocycles. The number of fused-ring (bicyclic) bond motifs is 3. The number of anilines is 1. The SMILES string of the molecule is C[C@@H]1Cc2nn3c(c2CN1C(=O)Nc1ccc(F)c(C(F)(F)F)c1F)C(=O)N(C)CCC3. The van der Waals surface area contributed by atoms with Gasteiger partial charge in [-0.15, -0.1) is 0 Å². The number of nitrogens with zero attached hydrogens (tertiary/aromatic N) is 4. The highest BCUT2D eigenvalue weighted by Crippen LogP contribution is 2.36. The van der Waals surface area contributed by atoms with Gasteiger partial charge in [-0.2, -0.15) is 18.3 Å². The van der Waals surface area contributed by atoms with E-state index in [2.05, 4.69) is 10.4 Å². The van der Waals surface area contributed by atoms with Crippen LogP contribution in [0.2, 0.25) is 0 Å². The Balaban J connectivity index is 1.63. The van der Waals surface area contributed by atoms with E-state index in [-0.39, 0.29) is 12.5 Å². The monoisotopic (exact) mass is 457 g/mol. The van der Waals surface area contributed by atoms with Crippen LogP contribution < -0.4 is 5.32 Å². The number of rotatable bonds is 1. The molecule has 0 spiro atoms. The molecule has 2 aromatic rings. The van der Waals surface area contributed by atoms with Crippen molar-refractivity contribution in [2.24, 2.45) is 0 Å². The van der Waals surface area contributed by atoms with Crippen LogP contribution in [0.15, 0.2) is 12.1 Å². The number of halogens is 5. The van der Waals surface area contributed by atoms with Crippen LogP contribution in [-0.2, 0) is 25.7 Å². The van der Waals surface area contributed by atoms with E-state index in [4.69, 9.17) is 0 Å². The maximum absolute atomic E-state index is 14.4. The van der Waals surface area contributed by atoms with Gasteiger partial charge in [0.2, 0.25) is 0 Å². The first kappa shape index (κ1) is 22.0. The Morgan fingerprint density at radius 3 is 2.62 bits per heavy atom. The largest absolute Gasteiger partial charge is 0.422 e. The lowest BCUT2D eigenvalue weighted by atomic mass is 9.99. The summed E-state index contributed by atoms with van der Waals surface area (Å²) in [6, 6.07) is -0.0931. The molecule has 1 aromatic heterocycles. The summed E-state index contributed by atoms with van der Waals surface area (Å²) in [5, 5.41) is 6.62. The average molecular weight is 457 g/mol. The first-order valence-corrected chi connectivity index (χ1v) is 9.96. The maximum atomic E-state index is 14.4. The third-order valence-electron chi connectivity index (χ3n) is 5.77. The van der Waals surface area contributed by atoms with Gasteiger partial charge in [0.05, 0.1) is 17.9 Å². The van der Waals surface area contributed by atoms with Crippen LogP contribution in [0.5, 0.6) is 0 Å². The minimum atomic E-state index is -5.26. The van der Waals surface area contributed by atoms with Gasteiger partial charge in [-0.1, -0.05) is 0 Å². The number of amides is 3. The van der Waals surface area contributed by atoms with Crippen LogP contribution in [-0.4, -0.2) is 51.2 Å². The number of benzene rings is 1. The minimum absolute atomic E-state index is 0.0216. The second-order valence-corrected chi connectivity index (χ2v) is 7.97. The molecule has 0 fully saturated rings. The number of urea groups is 1. The lowest BCUT2D eigenvalue weighted by Crippen LogP contribution is -2.45. The Kier molecular flexibility index (Phi) is 5.33. The van der Waals surface area contributed by atoms with Crippen molar-refractivity contribution in [2.75, 3.05) is 18.9 Å². The fraction of sp³-hybridized carbons (Fsp3) is 0.450. The molecule has 2 aliphatic rings. The Labute approximate surface area is 179 Å². The quantitative estimate of drug-likeness (QED) is 0.665. The summed E-state index contributed by atoms with van der Waals surface area (Å²) in [7, 11) is 1.67. The predicted molar refractivity (Wildman–Crippen MR) is 103 cm³/mol. The molecule has 1 N–H and O–H groups in total. The van der Waals surface area contributed by atoms with Gasteiger partial charge in [-0.25, -0.2) is 13.6 Å². The maximum Gasteiger partial charge on any atom is 0.422 e. The van der Waals surface area contributed by atoms with Crippen molar-refractivity contribution < 1.29 is 31.5 Å². The van der Waals surface area contributed by atoms with Gasteiger partial charge in [0.15, 0.2) is 5.82 Å². The molecule has 12 heteroatoms. The molecular formula is C20H20F5N5O2. The highest BCUT2D eigenvalue weighted by molar-refractivity contribution is 5.95. The van der Waals surface area contributed by atoms with Gasteiger partial charge in [0.1, 0.15) is 17.1 Å². The molecule has 0 saturated heterocycles. The van der Waals surface area contributed by atoms with Crippen LogP contribution in [0.1, 0.15) is 40.7 Å². The molecule has 0 unspecified atom stereocenters. The molecule has 0 aliphatic carbocycles. The van der Waals surface area contributed by atoms with Gasteiger partial charge < -0.3 is 15.1 Å². The second kappa shape index (κ2) is 7.75. The van der Waals surface area contributed by atoms with Gasteiger partial charge in [-0.05, 0) is 25.5 Å². The van der Waals surface area contributed by atoms with E-state index in [9.17, 15) is 31.5 Å². The highest BCUT2D eigenvalue weighted by Gasteiger charge is 2.40. The summed E-state index contributed by atoms with van der Waals surface area (Å²) in [6.45, 7) is 2.79. The molecule has 1 atom stereocenters. The minimum Gasteiger partial charge on any atom is -0.340 e. The van der Waals surface area contributed by atoms with Crippen LogP contribution in [0, 0.1) is 11.6 Å². The number of alkyl halides is 3. The van der Waals surface area contributed by atoms with Crippen LogP contribution >= 0.6 is 0 Å². The summed E-state index contributed by atoms with van der Waals surface area (Å²) in [4.78, 5) is 28.5. The fourth-order valence-electron chi connectivity index (χ4n) is 4.10. The number of nitrogens with one attached hydrogen (secondary N) is 1. The van der Waals surface area contributed by atoms with E-state index >= 15 is 0 Å². The molecule has 0 radical (unpaired) electrons. The molecule has 4 rings (SSSR count). The lowest BCUT2D eigenvalue weighted by molar-refractivity contribution is -0.142. The first-order chi connectivity index (χ1) is 15.0. The zero-order valence-corrected chi connectivity index (χ0v) is 17.3. The van der Waals surface area contributed by atoms with E-state index in [1.54, 1.807) is 23.6 Å². The Morgan fingerprint density at radius 1 is 1.22 bits per heavy atom. The number of carbonyl (C=O) groups excluding carboxylic acids is 2. The third-order valence-corrected chi connectivity index (χ3v) is 5.77. The van der Waals surface area contributed by atoms with Crippen LogP contribution in [0.25, 0.3) is 0 Å². The summed E-state index contributed by atoms with van der Waals surface area (Å²) >= 11 is 0. The highest BCUT2D eigenvalue weighted by atomic mass is 19.4. The van der Waals surface area contributed by atoms with Crippen LogP contribution in [0.3, 0.4) is 0 Å². The normalized spacial score (nSPS) is 18.8. The smallest absolute Gasteiger partial charge is 0.340 e. The summed E-state index contributed by atoms with van der Waals surface area (Å²) in [5.41, 5.74) is -1.25. The fourth-order valence-corrected chi connectivity index (χ4v) is 4.10. The number of carbonyl (C=O) groups is 2. The Hall–Kier alpha value is -3.18. The number of hydrogen-bond donors (Lipinski definition) is 1. The first-order valence-electron chi connectivity index (χ1n) is 9.96. The van der Waals surface area contributed by atoms with Crippen molar-refractivity contribution in [1.82, 2.24) is 19.6 Å². The van der Waals surface area contributed by atoms with Crippen molar-refractivity contribution >= 4 is 17.6 Å². The van der Waals surface area contributed by atoms with E-state index in [1.807, 2.05) is 0 Å². The predicted octanol–water partition coefficient (Wildman–Crippen LogP) is 3.63. The van der Waals surface area contributed by atoms with Crippen molar-refractivity contribution in [3.63, 3.8) is 0 Å². The molecule has 0 saturated carbocycles. The van der Waals surface area contributed by atoms with E-state index < -0.39 is 41.1 Å². The Bertz CT molecular complexity index is 1100. The molecule has 7 nitrogen and oxygen atoms in total. The number of aromatic nitrogens is 2. The van der Waals surface area contributed by atoms with Crippen LogP contribution in [0.4, 0.5) is 32.4 Å². The van der Waals surface area contributed by atoms with Gasteiger partial charge >= 0.3 is 12.2 Å². The number of hydrogen-bond acceptors (Lipinski definition) is 3. The summed E-state index contributed by atoms with van der Waals surface area (Å²) in [5.74, 6) is -3.90. The van der Waals surface area contributed by atoms with Gasteiger partial charge in [0.25, 0.3) is 5.91 Å². The molecule has 32 heavy (non-hydrogen) atoms. The molecule has 2 aliphatic heterocycles. The van der Waals surface area contributed by atoms with Gasteiger partial charge in [0, 0.05) is 38.2 Å². The van der Waals surface area contributed by atoms with E-state index in [0.29, 0.717) is 42.5 Å². The van der Waals surface area contributed by atoms with Crippen molar-refractivity contribution in [2.45, 2.75) is 45.1 Å². The Morgan fingerprint density at radius 2 is 1.94 bits per heavy atom. The average Bonchev–Trinajstić information content (AvgIpc) is 2.97. The molecule has 3 heterocycles. The van der Waals surface area contributed by atoms with Crippen molar-refractivity contribution in [3.05, 3.63) is 46.3 Å². The van der Waals surface area contributed by atoms with Crippen molar-refractivity contribution in [3.8, 4) is 0 Å². The van der Waals surface area contributed by atoms with Gasteiger partial charge in [-0.3, -0.25) is 9.48 Å². The van der Waals surface area contributed by atoms with Crippen molar-refractivity contribution in [1.29, 1.82) is 0 Å². The van der Waals surface area contributed by atoms with E-state index in [0.717, 1.165) is 12.5 Å². The molecule has 0 bridgehead atoms. The molecular weight excluding hydrogens is 437 g/mol. The second-order valence-electron chi connectivity index (χ2n) is 7.97. The summed E-state index contributed by atoms with van der Waals surface area (Å²) in [6.07, 6.45) is -4.22. The third kappa shape index (κ3) is 3.67. The zero-order chi connectivity index (χ0) is 23.4. The molecule has 172 valence electrons. The molecule has 3 amide bonds. The lowest BCUT2D eigenvalue weighted by Gasteiger charge is -2.33.